The van der Waals surface area contributed by atoms with Crippen LogP contribution < -0.4 is 10.9 Å². The van der Waals surface area contributed by atoms with Crippen LogP contribution in [0, 0.1) is 12.7 Å². The first-order chi connectivity index (χ1) is 14.9. The quantitative estimate of drug-likeness (QED) is 0.670. The smallest absolute Gasteiger partial charge is 0.266 e. The van der Waals surface area contributed by atoms with Gasteiger partial charge in [0.25, 0.3) is 11.5 Å². The average molecular weight is 443 g/mol. The molecule has 1 aromatic carbocycles. The van der Waals surface area contributed by atoms with Crippen LogP contribution in [0.5, 0.6) is 0 Å². The molecule has 0 aliphatic carbocycles. The van der Waals surface area contributed by atoms with Crippen molar-refractivity contribution in [3.63, 3.8) is 0 Å². The van der Waals surface area contributed by atoms with Crippen molar-refractivity contribution in [2.45, 2.75) is 45.7 Å². The Morgan fingerprint density at radius 2 is 2.06 bits per heavy atom. The minimum absolute atomic E-state index is 0.0657. The van der Waals surface area contributed by atoms with Crippen molar-refractivity contribution >= 4 is 39.1 Å². The first kappa shape index (κ1) is 21.2. The first-order valence-electron chi connectivity index (χ1n) is 10.2. The van der Waals surface area contributed by atoms with Gasteiger partial charge in [-0.15, -0.1) is 11.3 Å². The van der Waals surface area contributed by atoms with Crippen LogP contribution >= 0.6 is 11.3 Å². The van der Waals surface area contributed by atoms with Crippen molar-refractivity contribution in [2.24, 2.45) is 0 Å². The summed E-state index contributed by atoms with van der Waals surface area (Å²) in [4.78, 5) is 45.3. The molecule has 9 heteroatoms. The summed E-state index contributed by atoms with van der Waals surface area (Å²) in [6, 6.07) is 6.04. The molecule has 2 amide bonds. The number of para-hydroxylation sites is 1. The zero-order valence-electron chi connectivity index (χ0n) is 17.4. The number of nitrogens with one attached hydrogen (secondary N) is 1. The molecule has 1 N–H and O–H groups in total. The minimum Gasteiger partial charge on any atom is -0.338 e. The number of aromatic nitrogens is 2. The second-order valence-corrected chi connectivity index (χ2v) is 8.78. The van der Waals surface area contributed by atoms with Crippen molar-refractivity contribution in [2.75, 3.05) is 11.9 Å². The number of carbonyl (C=O) groups excluding carboxylic acids is 2. The summed E-state index contributed by atoms with van der Waals surface area (Å²) < 4.78 is 15.2. The number of aryl methyl sites for hydroxylation is 1. The molecule has 0 bridgehead atoms. The molecule has 4 rings (SSSR count). The molecule has 31 heavy (non-hydrogen) atoms. The second-order valence-electron chi connectivity index (χ2n) is 7.78. The van der Waals surface area contributed by atoms with Crippen LogP contribution in [-0.4, -0.2) is 38.9 Å². The number of likely N-dealkylation sites (tertiary alicyclic amines) is 1. The zero-order chi connectivity index (χ0) is 22.1. The molecule has 1 aliphatic rings. The molecule has 0 spiro atoms. The number of amides is 2. The molecule has 1 atom stereocenters. The van der Waals surface area contributed by atoms with Crippen LogP contribution in [0.4, 0.5) is 10.1 Å². The minimum atomic E-state index is -0.541. The number of piperidine rings is 1. The molecule has 7 nitrogen and oxygen atoms in total. The van der Waals surface area contributed by atoms with Crippen molar-refractivity contribution < 1.29 is 14.0 Å². The molecule has 3 heterocycles. The highest BCUT2D eigenvalue weighted by Gasteiger charge is 2.25. The molecule has 3 aromatic rings. The number of carbonyl (C=O) groups is 2. The fourth-order valence-electron chi connectivity index (χ4n) is 3.94. The normalized spacial score (nSPS) is 16.5. The largest absolute Gasteiger partial charge is 0.338 e. The number of thiophene rings is 1. The molecule has 1 fully saturated rings. The van der Waals surface area contributed by atoms with Gasteiger partial charge in [-0.05, 0) is 50.8 Å². The number of nitrogens with zero attached hydrogens (tertiary/aromatic N) is 3. The molecular weight excluding hydrogens is 419 g/mol. The Hall–Kier alpha value is -3.07. The van der Waals surface area contributed by atoms with E-state index in [9.17, 15) is 18.8 Å². The number of hydrogen-bond acceptors (Lipinski definition) is 5. The molecule has 162 valence electrons. The van der Waals surface area contributed by atoms with E-state index in [-0.39, 0.29) is 34.6 Å². The van der Waals surface area contributed by atoms with Gasteiger partial charge >= 0.3 is 0 Å². The fourth-order valence-corrected chi connectivity index (χ4v) is 4.97. The molecule has 0 saturated carbocycles. The standard InChI is InChI=1S/C22H23FN4O3S/c1-13-7-5-6-10-27(13)17(28)11-26-12-24-21-18(22(26)30)14(2)19(31-21)20(29)25-16-9-4-3-8-15(16)23/h3-4,8-9,12-13H,5-7,10-11H2,1-2H3,(H,25,29)/t13-/m0/s1. The van der Waals surface area contributed by atoms with E-state index in [1.54, 1.807) is 13.0 Å². The van der Waals surface area contributed by atoms with Gasteiger partial charge in [0.15, 0.2) is 0 Å². The molecule has 1 aliphatic heterocycles. The number of hydrogen-bond donors (Lipinski definition) is 1. The lowest BCUT2D eigenvalue weighted by atomic mass is 10.0. The van der Waals surface area contributed by atoms with Gasteiger partial charge in [0.05, 0.1) is 22.3 Å². The Kier molecular flexibility index (Phi) is 5.86. The van der Waals surface area contributed by atoms with Crippen molar-refractivity contribution in [3.8, 4) is 0 Å². The summed E-state index contributed by atoms with van der Waals surface area (Å²) in [6.07, 6.45) is 4.38. The molecule has 0 unspecified atom stereocenters. The van der Waals surface area contributed by atoms with Gasteiger partial charge in [-0.2, -0.15) is 0 Å². The van der Waals surface area contributed by atoms with Gasteiger partial charge in [0.2, 0.25) is 5.91 Å². The number of halogens is 1. The van der Waals surface area contributed by atoms with E-state index in [1.807, 2.05) is 11.8 Å². The van der Waals surface area contributed by atoms with Crippen molar-refractivity contribution in [1.29, 1.82) is 0 Å². The third-order valence-corrected chi connectivity index (χ3v) is 6.87. The summed E-state index contributed by atoms with van der Waals surface area (Å²) in [5.41, 5.74) is 0.178. The monoisotopic (exact) mass is 442 g/mol. The van der Waals surface area contributed by atoms with E-state index >= 15 is 0 Å². The highest BCUT2D eigenvalue weighted by molar-refractivity contribution is 7.20. The third kappa shape index (κ3) is 4.10. The predicted octanol–water partition coefficient (Wildman–Crippen LogP) is 3.56. The summed E-state index contributed by atoms with van der Waals surface area (Å²) >= 11 is 1.07. The van der Waals surface area contributed by atoms with Gasteiger partial charge in [-0.1, -0.05) is 12.1 Å². The Bertz CT molecular complexity index is 1220. The third-order valence-electron chi connectivity index (χ3n) is 5.67. The lowest BCUT2D eigenvalue weighted by Gasteiger charge is -2.33. The maximum absolute atomic E-state index is 13.9. The van der Waals surface area contributed by atoms with E-state index in [0.717, 1.165) is 30.6 Å². The Morgan fingerprint density at radius 3 is 2.81 bits per heavy atom. The molecular formula is C22H23FN4O3S. The summed E-state index contributed by atoms with van der Waals surface area (Å²) in [5, 5.41) is 2.85. The van der Waals surface area contributed by atoms with Gasteiger partial charge in [-0.3, -0.25) is 19.0 Å². The molecule has 0 radical (unpaired) electrons. The van der Waals surface area contributed by atoms with E-state index in [2.05, 4.69) is 10.3 Å². The lowest BCUT2D eigenvalue weighted by Crippen LogP contribution is -2.44. The van der Waals surface area contributed by atoms with E-state index in [0.29, 0.717) is 22.3 Å². The van der Waals surface area contributed by atoms with Gasteiger partial charge in [0.1, 0.15) is 17.2 Å². The zero-order valence-corrected chi connectivity index (χ0v) is 18.2. The molecule has 1 saturated heterocycles. The van der Waals surface area contributed by atoms with Gasteiger partial charge < -0.3 is 10.2 Å². The van der Waals surface area contributed by atoms with Crippen LogP contribution in [0.15, 0.2) is 35.4 Å². The van der Waals surface area contributed by atoms with Crippen LogP contribution in [0.25, 0.3) is 10.2 Å². The van der Waals surface area contributed by atoms with Crippen LogP contribution in [0.3, 0.4) is 0 Å². The topological polar surface area (TPSA) is 84.3 Å². The predicted molar refractivity (Wildman–Crippen MR) is 118 cm³/mol. The van der Waals surface area contributed by atoms with Crippen LogP contribution in [0.1, 0.15) is 41.4 Å². The lowest BCUT2D eigenvalue weighted by molar-refractivity contribution is -0.135. The van der Waals surface area contributed by atoms with Crippen LogP contribution in [0.2, 0.25) is 0 Å². The van der Waals surface area contributed by atoms with Crippen LogP contribution in [-0.2, 0) is 11.3 Å². The second kappa shape index (κ2) is 8.58. The number of rotatable bonds is 4. The summed E-state index contributed by atoms with van der Waals surface area (Å²) in [7, 11) is 0. The Labute approximate surface area is 182 Å². The number of fused-ring (bicyclic) bond motifs is 1. The first-order valence-corrected chi connectivity index (χ1v) is 11.0. The summed E-state index contributed by atoms with van der Waals surface area (Å²) in [5.74, 6) is -1.16. The highest BCUT2D eigenvalue weighted by Crippen LogP contribution is 2.28. The van der Waals surface area contributed by atoms with E-state index in [1.165, 1.54) is 29.1 Å². The van der Waals surface area contributed by atoms with Gasteiger partial charge in [0, 0.05) is 12.6 Å². The maximum atomic E-state index is 13.9. The number of anilines is 1. The van der Waals surface area contributed by atoms with E-state index in [4.69, 9.17) is 0 Å². The van der Waals surface area contributed by atoms with Gasteiger partial charge in [-0.25, -0.2) is 9.37 Å². The molecule has 2 aromatic heterocycles. The van der Waals surface area contributed by atoms with E-state index < -0.39 is 11.7 Å². The fraction of sp³-hybridized carbons (Fsp3) is 0.364. The maximum Gasteiger partial charge on any atom is 0.266 e. The SMILES string of the molecule is Cc1c(C(=O)Nc2ccccc2F)sc2ncn(CC(=O)N3CCCC[C@@H]3C)c(=O)c12. The Balaban J connectivity index is 1.62. The highest BCUT2D eigenvalue weighted by atomic mass is 32.1. The Morgan fingerprint density at radius 1 is 1.29 bits per heavy atom. The summed E-state index contributed by atoms with van der Waals surface area (Å²) in [6.45, 7) is 4.29. The number of benzene rings is 1. The van der Waals surface area contributed by atoms with Crippen molar-refractivity contribution in [3.05, 3.63) is 57.2 Å². The van der Waals surface area contributed by atoms with Crippen molar-refractivity contribution in [1.82, 2.24) is 14.5 Å². The average Bonchev–Trinajstić information content (AvgIpc) is 3.09.